The number of fused-ring (bicyclic) bond motifs is 2. The number of hydrogen-bond acceptors (Lipinski definition) is 3. The summed E-state index contributed by atoms with van der Waals surface area (Å²) in [5.41, 5.74) is 1.03. The Balaban J connectivity index is 1.30. The zero-order chi connectivity index (χ0) is 19.5. The van der Waals surface area contributed by atoms with Gasteiger partial charge in [-0.05, 0) is 61.4 Å². The van der Waals surface area contributed by atoms with Crippen molar-refractivity contribution in [2.75, 3.05) is 5.32 Å². The normalized spacial score (nSPS) is 23.4. The van der Waals surface area contributed by atoms with Gasteiger partial charge in [-0.3, -0.25) is 4.79 Å². The minimum atomic E-state index is -0.561. The van der Waals surface area contributed by atoms with Crippen LogP contribution in [0.2, 0.25) is 0 Å². The summed E-state index contributed by atoms with van der Waals surface area (Å²) in [6, 6.07) is 11.4. The highest BCUT2D eigenvalue weighted by atomic mass is 19.1. The summed E-state index contributed by atoms with van der Waals surface area (Å²) in [6.07, 6.45) is 4.93. The number of carbonyl (C=O) groups excluding carboxylic acids is 1. The van der Waals surface area contributed by atoms with Gasteiger partial charge in [-0.15, -0.1) is 0 Å². The van der Waals surface area contributed by atoms with Crippen LogP contribution in [0.25, 0.3) is 0 Å². The molecular formula is C22H24F2N2O2. The fourth-order valence-electron chi connectivity index (χ4n) is 4.30. The Morgan fingerprint density at radius 3 is 2.61 bits per heavy atom. The molecule has 148 valence electrons. The van der Waals surface area contributed by atoms with Crippen molar-refractivity contribution < 1.29 is 18.3 Å². The van der Waals surface area contributed by atoms with Crippen molar-refractivity contribution in [3.63, 3.8) is 0 Å². The van der Waals surface area contributed by atoms with Gasteiger partial charge in [-0.1, -0.05) is 12.1 Å². The molecule has 2 fully saturated rings. The van der Waals surface area contributed by atoms with E-state index in [-0.39, 0.29) is 24.1 Å². The van der Waals surface area contributed by atoms with E-state index in [0.29, 0.717) is 35.7 Å². The summed E-state index contributed by atoms with van der Waals surface area (Å²) in [4.78, 5) is 12.3. The molecule has 0 radical (unpaired) electrons. The third-order valence-corrected chi connectivity index (χ3v) is 5.54. The lowest BCUT2D eigenvalue weighted by Crippen LogP contribution is -2.39. The second-order valence-corrected chi connectivity index (χ2v) is 7.79. The van der Waals surface area contributed by atoms with Crippen LogP contribution in [0.3, 0.4) is 0 Å². The van der Waals surface area contributed by atoms with Crippen LogP contribution in [-0.2, 0) is 11.4 Å². The number of amides is 1. The van der Waals surface area contributed by atoms with Gasteiger partial charge < -0.3 is 15.4 Å². The van der Waals surface area contributed by atoms with Gasteiger partial charge in [0.05, 0.1) is 0 Å². The maximum absolute atomic E-state index is 14.3. The molecule has 2 unspecified atom stereocenters. The van der Waals surface area contributed by atoms with Crippen LogP contribution in [-0.4, -0.2) is 18.0 Å². The van der Waals surface area contributed by atoms with Gasteiger partial charge in [-0.2, -0.15) is 0 Å². The fourth-order valence-corrected chi connectivity index (χ4v) is 4.30. The number of ether oxygens (including phenoxy) is 1. The van der Waals surface area contributed by atoms with Crippen LogP contribution in [0.1, 0.15) is 37.7 Å². The molecule has 6 heteroatoms. The molecule has 2 atom stereocenters. The maximum Gasteiger partial charge on any atom is 0.224 e. The smallest absolute Gasteiger partial charge is 0.224 e. The van der Waals surface area contributed by atoms with Gasteiger partial charge in [0, 0.05) is 30.3 Å². The average Bonchev–Trinajstić information content (AvgIpc) is 2.99. The number of halogens is 2. The second-order valence-electron chi connectivity index (χ2n) is 7.79. The van der Waals surface area contributed by atoms with E-state index in [2.05, 4.69) is 10.6 Å². The van der Waals surface area contributed by atoms with E-state index in [4.69, 9.17) is 4.74 Å². The third kappa shape index (κ3) is 4.68. The van der Waals surface area contributed by atoms with Gasteiger partial charge in [0.2, 0.25) is 5.91 Å². The minimum absolute atomic E-state index is 0.0668. The van der Waals surface area contributed by atoms with Crippen molar-refractivity contribution in [1.29, 1.82) is 0 Å². The Hall–Kier alpha value is -2.47. The number of benzene rings is 2. The summed E-state index contributed by atoms with van der Waals surface area (Å²) in [5.74, 6) is -0.552. The van der Waals surface area contributed by atoms with Crippen LogP contribution in [0.5, 0.6) is 5.75 Å². The molecule has 4 nitrogen and oxygen atoms in total. The first-order valence-electron chi connectivity index (χ1n) is 9.78. The van der Waals surface area contributed by atoms with E-state index in [1.165, 1.54) is 37.1 Å². The number of anilines is 1. The molecule has 0 spiro atoms. The van der Waals surface area contributed by atoms with E-state index in [0.717, 1.165) is 12.8 Å². The van der Waals surface area contributed by atoms with Crippen molar-refractivity contribution in [3.05, 3.63) is 59.7 Å². The molecular weight excluding hydrogens is 362 g/mol. The number of hydrogen-bond donors (Lipinski definition) is 2. The monoisotopic (exact) mass is 386 g/mol. The number of rotatable bonds is 6. The van der Waals surface area contributed by atoms with Crippen LogP contribution in [0, 0.1) is 17.6 Å². The number of carbonyl (C=O) groups is 1. The van der Waals surface area contributed by atoms with Crippen molar-refractivity contribution in [2.45, 2.75) is 50.8 Å². The molecule has 2 saturated heterocycles. The van der Waals surface area contributed by atoms with Gasteiger partial charge >= 0.3 is 0 Å². The Morgan fingerprint density at radius 2 is 1.89 bits per heavy atom. The second kappa shape index (κ2) is 8.27. The van der Waals surface area contributed by atoms with Crippen molar-refractivity contribution >= 4 is 11.6 Å². The molecule has 2 aromatic rings. The summed E-state index contributed by atoms with van der Waals surface area (Å²) in [5, 5.41) is 6.35. The first kappa shape index (κ1) is 18.9. The summed E-state index contributed by atoms with van der Waals surface area (Å²) >= 11 is 0. The molecule has 2 heterocycles. The summed E-state index contributed by atoms with van der Waals surface area (Å²) < 4.78 is 32.9. The molecule has 4 rings (SSSR count). The van der Waals surface area contributed by atoms with Gasteiger partial charge in [0.1, 0.15) is 12.4 Å². The summed E-state index contributed by atoms with van der Waals surface area (Å²) in [6.45, 7) is 0.0679. The quantitative estimate of drug-likeness (QED) is 0.774. The van der Waals surface area contributed by atoms with E-state index >= 15 is 0 Å². The fraction of sp³-hybridized carbons (Fsp3) is 0.409. The lowest BCUT2D eigenvalue weighted by atomic mass is 9.89. The Morgan fingerprint density at radius 1 is 1.11 bits per heavy atom. The van der Waals surface area contributed by atoms with E-state index in [1.807, 2.05) is 0 Å². The SMILES string of the molecule is O=C(CC1CC2CCC(C1)N2)Nc1ccc(OCc2cccc(F)c2)c(F)c1. The van der Waals surface area contributed by atoms with Crippen LogP contribution in [0.4, 0.5) is 14.5 Å². The Bertz CT molecular complexity index is 846. The number of nitrogens with one attached hydrogen (secondary N) is 2. The molecule has 2 aromatic carbocycles. The standard InChI is InChI=1S/C22H24F2N2O2/c23-16-3-1-2-14(8-16)13-28-21-7-6-19(12-20(21)24)26-22(27)11-15-9-17-4-5-18(10-15)25-17/h1-3,6-8,12,15,17-18,25H,4-5,9-11,13H2,(H,26,27). The van der Waals surface area contributed by atoms with Crippen molar-refractivity contribution in [2.24, 2.45) is 5.92 Å². The molecule has 2 aliphatic heterocycles. The number of piperidine rings is 1. The minimum Gasteiger partial charge on any atom is -0.486 e. The lowest BCUT2D eigenvalue weighted by molar-refractivity contribution is -0.117. The van der Waals surface area contributed by atoms with Crippen LogP contribution < -0.4 is 15.4 Å². The van der Waals surface area contributed by atoms with E-state index < -0.39 is 5.82 Å². The molecule has 1 amide bonds. The third-order valence-electron chi connectivity index (χ3n) is 5.54. The van der Waals surface area contributed by atoms with E-state index in [1.54, 1.807) is 18.2 Å². The molecule has 2 aliphatic rings. The molecule has 0 aromatic heterocycles. The highest BCUT2D eigenvalue weighted by Crippen LogP contribution is 2.33. The molecule has 28 heavy (non-hydrogen) atoms. The van der Waals surface area contributed by atoms with Crippen molar-refractivity contribution in [1.82, 2.24) is 5.32 Å². The first-order valence-corrected chi connectivity index (χ1v) is 9.78. The highest BCUT2D eigenvalue weighted by molar-refractivity contribution is 5.90. The zero-order valence-electron chi connectivity index (χ0n) is 15.6. The molecule has 0 aliphatic carbocycles. The molecule has 2 bridgehead atoms. The topological polar surface area (TPSA) is 50.4 Å². The van der Waals surface area contributed by atoms with Crippen molar-refractivity contribution in [3.8, 4) is 5.75 Å². The largest absolute Gasteiger partial charge is 0.486 e. The average molecular weight is 386 g/mol. The zero-order valence-corrected chi connectivity index (χ0v) is 15.6. The molecule has 2 N–H and O–H groups in total. The Kier molecular flexibility index (Phi) is 5.57. The van der Waals surface area contributed by atoms with Gasteiger partial charge in [0.15, 0.2) is 11.6 Å². The highest BCUT2D eigenvalue weighted by Gasteiger charge is 2.34. The molecule has 0 saturated carbocycles. The lowest BCUT2D eigenvalue weighted by Gasteiger charge is -2.28. The Labute approximate surface area is 163 Å². The van der Waals surface area contributed by atoms with Gasteiger partial charge in [0.25, 0.3) is 0 Å². The predicted molar refractivity (Wildman–Crippen MR) is 103 cm³/mol. The maximum atomic E-state index is 14.3. The summed E-state index contributed by atoms with van der Waals surface area (Å²) in [7, 11) is 0. The van der Waals surface area contributed by atoms with E-state index in [9.17, 15) is 13.6 Å². The van der Waals surface area contributed by atoms with Crippen LogP contribution in [0.15, 0.2) is 42.5 Å². The van der Waals surface area contributed by atoms with Crippen LogP contribution >= 0.6 is 0 Å². The van der Waals surface area contributed by atoms with Gasteiger partial charge in [-0.25, -0.2) is 8.78 Å². The first-order chi connectivity index (χ1) is 13.5. The predicted octanol–water partition coefficient (Wildman–Crippen LogP) is 4.40.